The Morgan fingerprint density at radius 2 is 1.96 bits per heavy atom. The number of carbonyl (C=O) groups excluding carboxylic acids is 4. The van der Waals surface area contributed by atoms with E-state index in [1.165, 1.54) is 4.90 Å². The van der Waals surface area contributed by atoms with Crippen molar-refractivity contribution in [2.75, 3.05) is 13.2 Å². The standard InChI is InChI=1S/C32H45N5O8S2/c1-5-44-21-15-16-26-24(19-21)35-31(46-26)47(42,43)36-28(39)22-18-20(22)12-9-7-6-8-10-13-23(34-30(41)45-32(2,3)4)29(40)37-17-11-14-25(37)27(33)38/h9,12,15-16,19-20,22-23,25H,5-8,10-11,13-14,17-18H2,1-4H3,(H2,33,38)(H,34,41)(H,36,39)/b12-9-/t20?,22-,23-,25-/m0/s1. The fourth-order valence-corrected chi connectivity index (χ4v) is 7.76. The molecule has 0 radical (unpaired) electrons. The van der Waals surface area contributed by atoms with Crippen LogP contribution in [0.15, 0.2) is 34.7 Å². The number of fused-ring (bicyclic) bond motifs is 1. The van der Waals surface area contributed by atoms with E-state index >= 15 is 0 Å². The van der Waals surface area contributed by atoms with Crippen molar-refractivity contribution in [1.82, 2.24) is 19.9 Å². The molecule has 258 valence electrons. The van der Waals surface area contributed by atoms with Crippen LogP contribution in [0, 0.1) is 11.8 Å². The van der Waals surface area contributed by atoms with E-state index in [0.717, 1.165) is 30.6 Å². The van der Waals surface area contributed by atoms with Gasteiger partial charge in [-0.1, -0.05) is 25.0 Å². The zero-order valence-electron chi connectivity index (χ0n) is 27.3. The molecule has 1 aliphatic carbocycles. The summed E-state index contributed by atoms with van der Waals surface area (Å²) in [6.07, 6.45) is 8.35. The van der Waals surface area contributed by atoms with Crippen molar-refractivity contribution in [2.45, 2.75) is 101 Å². The molecule has 47 heavy (non-hydrogen) atoms. The Bertz CT molecular complexity index is 1600. The van der Waals surface area contributed by atoms with E-state index in [1.807, 2.05) is 19.1 Å². The van der Waals surface area contributed by atoms with Crippen molar-refractivity contribution < 1.29 is 37.1 Å². The lowest BCUT2D eigenvalue weighted by atomic mass is 10.0. The molecule has 4 N–H and O–H groups in total. The first-order valence-electron chi connectivity index (χ1n) is 16.0. The Morgan fingerprint density at radius 1 is 1.19 bits per heavy atom. The minimum absolute atomic E-state index is 0.0342. The van der Waals surface area contributed by atoms with Gasteiger partial charge in [0.15, 0.2) is 0 Å². The molecular formula is C32H45N5O8S2. The molecule has 0 bridgehead atoms. The highest BCUT2D eigenvalue weighted by Gasteiger charge is 2.43. The van der Waals surface area contributed by atoms with Gasteiger partial charge in [0.2, 0.25) is 22.1 Å². The number of hydrogen-bond acceptors (Lipinski definition) is 10. The highest BCUT2D eigenvalue weighted by Crippen LogP contribution is 2.40. The Morgan fingerprint density at radius 3 is 2.66 bits per heavy atom. The SMILES string of the molecule is CCOc1ccc2sc(S(=O)(=O)NC(=O)[C@H]3CC3/C=C\CCCCC[C@H](NC(=O)OC(C)(C)C)C(=O)N3CCC[C@H]3C(N)=O)nc2c1. The first-order valence-corrected chi connectivity index (χ1v) is 18.3. The third-order valence-electron chi connectivity index (χ3n) is 7.89. The Hall–Kier alpha value is -3.72. The Labute approximate surface area is 279 Å². The minimum Gasteiger partial charge on any atom is -0.494 e. The zero-order valence-corrected chi connectivity index (χ0v) is 29.0. The maximum atomic E-state index is 13.3. The number of hydrogen-bond donors (Lipinski definition) is 3. The number of ether oxygens (including phenoxy) is 2. The van der Waals surface area contributed by atoms with E-state index in [1.54, 1.807) is 39.0 Å². The number of rotatable bonds is 15. The molecule has 1 aromatic heterocycles. The van der Waals surface area contributed by atoms with Crippen LogP contribution >= 0.6 is 11.3 Å². The van der Waals surface area contributed by atoms with Crippen LogP contribution in [0.2, 0.25) is 0 Å². The van der Waals surface area contributed by atoms with Crippen LogP contribution in [0.5, 0.6) is 5.75 Å². The molecule has 1 aromatic carbocycles. The van der Waals surface area contributed by atoms with Gasteiger partial charge in [-0.3, -0.25) is 14.4 Å². The number of allylic oxidation sites excluding steroid dienone is 2. The van der Waals surface area contributed by atoms with Crippen LogP contribution in [0.25, 0.3) is 10.2 Å². The highest BCUT2D eigenvalue weighted by molar-refractivity contribution is 7.92. The number of likely N-dealkylation sites (tertiary alicyclic amines) is 1. The van der Waals surface area contributed by atoms with Crippen molar-refractivity contribution in [1.29, 1.82) is 0 Å². The maximum Gasteiger partial charge on any atom is 0.408 e. The molecule has 1 saturated carbocycles. The first-order chi connectivity index (χ1) is 22.2. The number of carbonyl (C=O) groups is 4. The second kappa shape index (κ2) is 15.5. The molecule has 13 nitrogen and oxygen atoms in total. The summed E-state index contributed by atoms with van der Waals surface area (Å²) >= 11 is 0.995. The highest BCUT2D eigenvalue weighted by atomic mass is 32.2. The normalized spacial score (nSPS) is 20.3. The van der Waals surface area contributed by atoms with Crippen molar-refractivity contribution in [3.63, 3.8) is 0 Å². The molecule has 4 amide bonds. The molecule has 1 unspecified atom stereocenters. The largest absolute Gasteiger partial charge is 0.494 e. The fraction of sp³-hybridized carbons (Fsp3) is 0.594. The first kappa shape index (κ1) is 36.1. The molecule has 4 atom stereocenters. The zero-order chi connectivity index (χ0) is 34.4. The number of amides is 4. The van der Waals surface area contributed by atoms with Gasteiger partial charge in [-0.15, -0.1) is 11.3 Å². The number of aromatic nitrogens is 1. The second-order valence-electron chi connectivity index (χ2n) is 12.9. The van der Waals surface area contributed by atoms with Gasteiger partial charge in [0, 0.05) is 18.5 Å². The lowest BCUT2D eigenvalue weighted by Gasteiger charge is -2.28. The van der Waals surface area contributed by atoms with Gasteiger partial charge >= 0.3 is 6.09 Å². The number of unbranched alkanes of at least 4 members (excludes halogenated alkanes) is 3. The summed E-state index contributed by atoms with van der Waals surface area (Å²) in [5.74, 6) is -1.29. The van der Waals surface area contributed by atoms with Gasteiger partial charge in [0.05, 0.1) is 16.8 Å². The van der Waals surface area contributed by atoms with E-state index in [0.29, 0.717) is 61.2 Å². The minimum atomic E-state index is -4.09. The van der Waals surface area contributed by atoms with Crippen molar-refractivity contribution in [3.8, 4) is 5.75 Å². The Kier molecular flexibility index (Phi) is 11.9. The van der Waals surface area contributed by atoms with Crippen molar-refractivity contribution >= 4 is 55.4 Å². The molecule has 2 fully saturated rings. The smallest absolute Gasteiger partial charge is 0.408 e. The monoisotopic (exact) mass is 691 g/mol. The number of nitrogens with one attached hydrogen (secondary N) is 2. The molecule has 0 spiro atoms. The number of benzene rings is 1. The van der Waals surface area contributed by atoms with E-state index in [-0.39, 0.29) is 16.2 Å². The van der Waals surface area contributed by atoms with Gasteiger partial charge in [0.25, 0.3) is 10.0 Å². The molecule has 1 aliphatic heterocycles. The van der Waals surface area contributed by atoms with Crippen molar-refractivity contribution in [3.05, 3.63) is 30.4 Å². The van der Waals surface area contributed by atoms with E-state index in [2.05, 4.69) is 15.0 Å². The average Bonchev–Trinajstić information content (AvgIpc) is 3.36. The predicted molar refractivity (Wildman–Crippen MR) is 177 cm³/mol. The quantitative estimate of drug-likeness (QED) is 0.183. The van der Waals surface area contributed by atoms with Crippen LogP contribution in [0.1, 0.15) is 79.1 Å². The predicted octanol–water partition coefficient (Wildman–Crippen LogP) is 4.01. The summed E-state index contributed by atoms with van der Waals surface area (Å²) in [4.78, 5) is 56.0. The van der Waals surface area contributed by atoms with Gasteiger partial charge < -0.3 is 25.4 Å². The number of sulfonamides is 1. The third kappa shape index (κ3) is 10.1. The van der Waals surface area contributed by atoms with Crippen LogP contribution in [0.4, 0.5) is 4.79 Å². The van der Waals surface area contributed by atoms with Gasteiger partial charge in [-0.2, -0.15) is 8.42 Å². The van der Waals surface area contributed by atoms with Crippen LogP contribution < -0.4 is 20.5 Å². The van der Waals surface area contributed by atoms with Crippen LogP contribution in [0.3, 0.4) is 0 Å². The molecule has 2 aromatic rings. The number of primary amides is 1. The van der Waals surface area contributed by atoms with Crippen LogP contribution in [-0.2, 0) is 29.1 Å². The summed E-state index contributed by atoms with van der Waals surface area (Å²) < 4.78 is 39.2. The summed E-state index contributed by atoms with van der Waals surface area (Å²) in [5, 5.41) is 2.68. The summed E-state index contributed by atoms with van der Waals surface area (Å²) in [6.45, 7) is 7.96. The molecule has 2 heterocycles. The summed E-state index contributed by atoms with van der Waals surface area (Å²) in [7, 11) is -4.09. The van der Waals surface area contributed by atoms with E-state index < -0.39 is 51.5 Å². The number of nitrogens with zero attached hydrogens (tertiary/aromatic N) is 2. The maximum absolute atomic E-state index is 13.3. The average molecular weight is 692 g/mol. The Balaban J connectivity index is 1.21. The number of nitrogens with two attached hydrogens (primary N) is 1. The topological polar surface area (TPSA) is 187 Å². The lowest BCUT2D eigenvalue weighted by molar-refractivity contribution is -0.139. The summed E-state index contributed by atoms with van der Waals surface area (Å²) in [5.41, 5.74) is 5.26. The second-order valence-corrected chi connectivity index (χ2v) is 15.8. The van der Waals surface area contributed by atoms with Gasteiger partial charge in [-0.25, -0.2) is 14.5 Å². The number of alkyl carbamates (subject to hydrolysis) is 1. The molecule has 1 saturated heterocycles. The molecule has 15 heteroatoms. The fourth-order valence-electron chi connectivity index (χ4n) is 5.53. The summed E-state index contributed by atoms with van der Waals surface area (Å²) in [6, 6.07) is 3.66. The third-order valence-corrected chi connectivity index (χ3v) is 10.7. The van der Waals surface area contributed by atoms with Crippen LogP contribution in [-0.4, -0.2) is 73.0 Å². The van der Waals surface area contributed by atoms with E-state index in [9.17, 15) is 27.6 Å². The van der Waals surface area contributed by atoms with Crippen molar-refractivity contribution in [2.24, 2.45) is 17.6 Å². The lowest BCUT2D eigenvalue weighted by Crippen LogP contribution is -2.53. The van der Waals surface area contributed by atoms with Gasteiger partial charge in [-0.05, 0) is 84.3 Å². The molecule has 2 aliphatic rings. The molecular weight excluding hydrogens is 647 g/mol. The number of thiazole rings is 1. The molecule has 4 rings (SSSR count). The van der Waals surface area contributed by atoms with Gasteiger partial charge in [0.1, 0.15) is 23.4 Å². The van der Waals surface area contributed by atoms with E-state index in [4.69, 9.17) is 15.2 Å².